The van der Waals surface area contributed by atoms with Crippen LogP contribution in [0.2, 0.25) is 0 Å². The van der Waals surface area contributed by atoms with E-state index in [2.05, 4.69) is 27.6 Å². The van der Waals surface area contributed by atoms with Gasteiger partial charge < -0.3 is 0 Å². The number of halogens is 4. The average molecular weight is 434 g/mol. The molecule has 0 fully saturated rings. The van der Waals surface area contributed by atoms with Crippen molar-refractivity contribution in [2.24, 2.45) is 0 Å². The third-order valence-electron chi connectivity index (χ3n) is 3.10. The quantitative estimate of drug-likeness (QED) is 0.407. The number of fused-ring (bicyclic) bond motifs is 1. The maximum atomic E-state index is 12.4. The fourth-order valence-corrected chi connectivity index (χ4v) is 3.53. The van der Waals surface area contributed by atoms with Crippen molar-refractivity contribution in [3.8, 4) is 10.6 Å². The first-order valence-corrected chi connectivity index (χ1v) is 8.23. The Bertz CT molecular complexity index is 842. The van der Waals surface area contributed by atoms with Crippen molar-refractivity contribution >= 4 is 49.8 Å². The van der Waals surface area contributed by atoms with Crippen molar-refractivity contribution in [2.45, 2.75) is 13.2 Å². The predicted octanol–water partition coefficient (Wildman–Crippen LogP) is 5.81. The van der Waals surface area contributed by atoms with Crippen molar-refractivity contribution in [1.82, 2.24) is 4.98 Å². The summed E-state index contributed by atoms with van der Waals surface area (Å²) >= 11 is 3.75. The summed E-state index contributed by atoms with van der Waals surface area (Å²) in [7, 11) is 0. The lowest BCUT2D eigenvalue weighted by atomic mass is 10.1. The normalized spacial score (nSPS) is 11.9. The summed E-state index contributed by atoms with van der Waals surface area (Å²) in [5.74, 6) is 0. The molecule has 0 bridgehead atoms. The number of nitrogens with one attached hydrogen (secondary N) is 1. The van der Waals surface area contributed by atoms with Crippen molar-refractivity contribution in [3.63, 3.8) is 0 Å². The third kappa shape index (κ3) is 3.35. The maximum absolute atomic E-state index is 12.4. The van der Waals surface area contributed by atoms with Gasteiger partial charge in [-0.3, -0.25) is 5.32 Å². The minimum atomic E-state index is -4.43. The topological polar surface area (TPSA) is 24.9 Å². The first kappa shape index (κ1) is 15.5. The fraction of sp³-hybridized carbons (Fsp3) is 0.133. The molecule has 0 atom stereocenters. The first-order chi connectivity index (χ1) is 10.3. The van der Waals surface area contributed by atoms with Gasteiger partial charge in [0.2, 0.25) is 0 Å². The standard InChI is InChI=1S/C15H10F3IN2S/c1-8-6-9(2-4-11(8)21-15(16,17)18)14-20-12-7-10(19)3-5-13(12)22-14/h2-7,21H,1H3. The summed E-state index contributed by atoms with van der Waals surface area (Å²) in [5, 5.41) is 2.35. The number of hydrogen-bond donors (Lipinski definition) is 1. The van der Waals surface area contributed by atoms with Crippen LogP contribution in [0.15, 0.2) is 36.4 Å². The lowest BCUT2D eigenvalue weighted by Gasteiger charge is -2.12. The molecule has 0 aliphatic heterocycles. The lowest BCUT2D eigenvalue weighted by molar-refractivity contribution is -0.0999. The van der Waals surface area contributed by atoms with E-state index in [0.29, 0.717) is 5.56 Å². The first-order valence-electron chi connectivity index (χ1n) is 6.34. The third-order valence-corrected chi connectivity index (χ3v) is 4.86. The summed E-state index contributed by atoms with van der Waals surface area (Å²) in [6.07, 6.45) is -4.43. The van der Waals surface area contributed by atoms with Crippen LogP contribution >= 0.6 is 33.9 Å². The van der Waals surface area contributed by atoms with Gasteiger partial charge in [-0.2, -0.15) is 13.2 Å². The Morgan fingerprint density at radius 1 is 1.14 bits per heavy atom. The number of aromatic nitrogens is 1. The molecule has 1 aromatic heterocycles. The van der Waals surface area contributed by atoms with Gasteiger partial charge in [-0.05, 0) is 71.5 Å². The second-order valence-corrected chi connectivity index (χ2v) is 7.06. The Kier molecular flexibility index (Phi) is 4.02. The molecule has 2 aromatic carbocycles. The highest BCUT2D eigenvalue weighted by molar-refractivity contribution is 14.1. The number of anilines is 1. The van der Waals surface area contributed by atoms with Gasteiger partial charge in [-0.25, -0.2) is 4.98 Å². The highest BCUT2D eigenvalue weighted by Crippen LogP contribution is 2.33. The highest BCUT2D eigenvalue weighted by atomic mass is 127. The number of hydrogen-bond acceptors (Lipinski definition) is 3. The van der Waals surface area contributed by atoms with Crippen molar-refractivity contribution in [1.29, 1.82) is 0 Å². The molecule has 1 heterocycles. The number of benzene rings is 2. The molecule has 7 heteroatoms. The summed E-state index contributed by atoms with van der Waals surface area (Å²) < 4.78 is 39.4. The Morgan fingerprint density at radius 2 is 1.91 bits per heavy atom. The van der Waals surface area contributed by atoms with Crippen LogP contribution in [0.3, 0.4) is 0 Å². The van der Waals surface area contributed by atoms with E-state index in [1.54, 1.807) is 24.4 Å². The van der Waals surface area contributed by atoms with Gasteiger partial charge in [0.1, 0.15) is 5.01 Å². The van der Waals surface area contributed by atoms with Crippen molar-refractivity contribution in [2.75, 3.05) is 5.32 Å². The monoisotopic (exact) mass is 434 g/mol. The number of rotatable bonds is 2. The molecule has 114 valence electrons. The van der Waals surface area contributed by atoms with Gasteiger partial charge in [-0.1, -0.05) is 0 Å². The zero-order valence-corrected chi connectivity index (χ0v) is 14.3. The molecule has 0 spiro atoms. The lowest BCUT2D eigenvalue weighted by Crippen LogP contribution is -2.21. The number of thiazole rings is 1. The second-order valence-electron chi connectivity index (χ2n) is 4.78. The maximum Gasteiger partial charge on any atom is 0.482 e. The van der Waals surface area contributed by atoms with Gasteiger partial charge in [0.15, 0.2) is 0 Å². The molecule has 0 saturated carbocycles. The van der Waals surface area contributed by atoms with Crippen LogP contribution < -0.4 is 5.32 Å². The molecule has 22 heavy (non-hydrogen) atoms. The molecular weight excluding hydrogens is 424 g/mol. The molecule has 0 unspecified atom stereocenters. The minimum absolute atomic E-state index is 0.0620. The van der Waals surface area contributed by atoms with Crippen molar-refractivity contribution < 1.29 is 13.2 Å². The molecule has 0 aliphatic carbocycles. The molecule has 0 radical (unpaired) electrons. The summed E-state index contributed by atoms with van der Waals surface area (Å²) in [6.45, 7) is 1.65. The fourth-order valence-electron chi connectivity index (χ4n) is 2.11. The predicted molar refractivity (Wildman–Crippen MR) is 92.2 cm³/mol. The largest absolute Gasteiger partial charge is 0.482 e. The average Bonchev–Trinajstić information content (AvgIpc) is 2.82. The number of alkyl halides is 3. The number of aryl methyl sites for hydroxylation is 1. The SMILES string of the molecule is Cc1cc(-c2nc3cc(I)ccc3s2)ccc1NC(F)(F)F. The molecule has 2 nitrogen and oxygen atoms in total. The molecule has 3 rings (SSSR count). The molecular formula is C15H10F3IN2S. The zero-order chi connectivity index (χ0) is 15.9. The van der Waals surface area contributed by atoms with Crippen LogP contribution in [-0.2, 0) is 0 Å². The van der Waals surface area contributed by atoms with Crippen LogP contribution in [0.1, 0.15) is 5.56 Å². The van der Waals surface area contributed by atoms with Crippen LogP contribution in [0.5, 0.6) is 0 Å². The Balaban J connectivity index is 1.98. The van der Waals surface area contributed by atoms with Gasteiger partial charge in [-0.15, -0.1) is 11.3 Å². The Hall–Kier alpha value is -1.35. The smallest absolute Gasteiger partial charge is 0.297 e. The molecule has 3 aromatic rings. The van der Waals surface area contributed by atoms with E-state index in [-0.39, 0.29) is 5.69 Å². The van der Waals surface area contributed by atoms with Gasteiger partial charge >= 0.3 is 6.30 Å². The molecule has 0 amide bonds. The van der Waals surface area contributed by atoms with Crippen LogP contribution in [-0.4, -0.2) is 11.3 Å². The van der Waals surface area contributed by atoms with Crippen molar-refractivity contribution in [3.05, 3.63) is 45.5 Å². The Labute approximate surface area is 142 Å². The molecule has 0 saturated heterocycles. The highest BCUT2D eigenvalue weighted by Gasteiger charge is 2.27. The van der Waals surface area contributed by atoms with Crippen LogP contribution in [0, 0.1) is 10.5 Å². The molecule has 0 aliphatic rings. The van der Waals surface area contributed by atoms with E-state index in [1.165, 1.54) is 17.4 Å². The van der Waals surface area contributed by atoms with Gasteiger partial charge in [0.25, 0.3) is 0 Å². The summed E-state index contributed by atoms with van der Waals surface area (Å²) in [5.41, 5.74) is 2.32. The Morgan fingerprint density at radius 3 is 2.59 bits per heavy atom. The minimum Gasteiger partial charge on any atom is -0.297 e. The van der Waals surface area contributed by atoms with Crippen LogP contribution in [0.25, 0.3) is 20.8 Å². The van der Waals surface area contributed by atoms with Crippen LogP contribution in [0.4, 0.5) is 18.9 Å². The van der Waals surface area contributed by atoms with E-state index in [4.69, 9.17) is 0 Å². The van der Waals surface area contributed by atoms with E-state index in [1.807, 2.05) is 18.2 Å². The van der Waals surface area contributed by atoms with Gasteiger partial charge in [0, 0.05) is 14.8 Å². The zero-order valence-electron chi connectivity index (χ0n) is 11.3. The van der Waals surface area contributed by atoms with E-state index >= 15 is 0 Å². The van der Waals surface area contributed by atoms with E-state index in [0.717, 1.165) is 24.4 Å². The van der Waals surface area contributed by atoms with Gasteiger partial charge in [0.05, 0.1) is 10.2 Å². The summed E-state index contributed by atoms with van der Waals surface area (Å²) in [6, 6.07) is 10.8. The second kappa shape index (κ2) is 5.69. The summed E-state index contributed by atoms with van der Waals surface area (Å²) in [4.78, 5) is 4.56. The molecule has 1 N–H and O–H groups in total. The van der Waals surface area contributed by atoms with E-state index in [9.17, 15) is 13.2 Å². The number of nitrogens with zero attached hydrogens (tertiary/aromatic N) is 1. The van der Waals surface area contributed by atoms with E-state index < -0.39 is 6.30 Å².